The van der Waals surface area contributed by atoms with E-state index in [0.717, 1.165) is 56.9 Å². The predicted octanol–water partition coefficient (Wildman–Crippen LogP) is 3.85. The minimum atomic E-state index is -0.127. The first-order valence-electron chi connectivity index (χ1n) is 12.9. The molecule has 0 aromatic heterocycles. The Hall–Kier alpha value is -3.19. The molecule has 3 saturated carbocycles. The molecular formula is C28H34N4O3. The van der Waals surface area contributed by atoms with Gasteiger partial charge >= 0.3 is 0 Å². The lowest BCUT2D eigenvalue weighted by Crippen LogP contribution is -2.36. The SMILES string of the molecule is O=C(CN(Cc1ccc(C(=O)NC2CC2)cc1)C1CC1)Nc1ccccc1C(=O)NC1CCCC1. The number of hydrogen-bond donors (Lipinski definition) is 3. The number of carbonyl (C=O) groups excluding carboxylic acids is 3. The first kappa shape index (κ1) is 23.5. The van der Waals surface area contributed by atoms with Gasteiger partial charge in [-0.2, -0.15) is 0 Å². The van der Waals surface area contributed by atoms with Crippen molar-refractivity contribution in [2.24, 2.45) is 0 Å². The number of carbonyl (C=O) groups is 3. The second-order valence-electron chi connectivity index (χ2n) is 10.1. The summed E-state index contributed by atoms with van der Waals surface area (Å²) in [6, 6.07) is 15.8. The molecule has 2 aromatic carbocycles. The fourth-order valence-electron chi connectivity index (χ4n) is 4.74. The molecule has 3 N–H and O–H groups in total. The Morgan fingerprint density at radius 1 is 0.771 bits per heavy atom. The monoisotopic (exact) mass is 474 g/mol. The summed E-state index contributed by atoms with van der Waals surface area (Å²) >= 11 is 0. The molecule has 184 valence electrons. The first-order valence-corrected chi connectivity index (χ1v) is 12.9. The molecule has 2 aromatic rings. The largest absolute Gasteiger partial charge is 0.349 e. The molecule has 0 aliphatic heterocycles. The number of amides is 3. The fraction of sp³-hybridized carbons (Fsp3) is 0.464. The van der Waals surface area contributed by atoms with E-state index in [9.17, 15) is 14.4 Å². The molecule has 3 amide bonds. The Bertz CT molecular complexity index is 1070. The first-order chi connectivity index (χ1) is 17.0. The van der Waals surface area contributed by atoms with E-state index in [1.807, 2.05) is 36.4 Å². The highest BCUT2D eigenvalue weighted by molar-refractivity contribution is 6.04. The minimum absolute atomic E-state index is 0.0203. The van der Waals surface area contributed by atoms with Gasteiger partial charge in [0, 0.05) is 30.2 Å². The number of nitrogens with one attached hydrogen (secondary N) is 3. The topological polar surface area (TPSA) is 90.5 Å². The summed E-state index contributed by atoms with van der Waals surface area (Å²) in [5.74, 6) is -0.274. The smallest absolute Gasteiger partial charge is 0.253 e. The summed E-state index contributed by atoms with van der Waals surface area (Å²) in [5, 5.41) is 9.09. The van der Waals surface area contributed by atoms with Gasteiger partial charge in [0.2, 0.25) is 5.91 Å². The van der Waals surface area contributed by atoms with Crippen molar-refractivity contribution in [2.45, 2.75) is 76.0 Å². The van der Waals surface area contributed by atoms with Crippen molar-refractivity contribution >= 4 is 23.4 Å². The van der Waals surface area contributed by atoms with Crippen LogP contribution in [0.2, 0.25) is 0 Å². The molecule has 0 saturated heterocycles. The van der Waals surface area contributed by atoms with E-state index in [2.05, 4.69) is 20.9 Å². The third-order valence-corrected chi connectivity index (χ3v) is 7.06. The number of rotatable bonds is 10. The van der Waals surface area contributed by atoms with E-state index in [0.29, 0.717) is 35.4 Å². The summed E-state index contributed by atoms with van der Waals surface area (Å²) in [7, 11) is 0. The van der Waals surface area contributed by atoms with Crippen LogP contribution in [-0.2, 0) is 11.3 Å². The zero-order chi connectivity index (χ0) is 24.2. The van der Waals surface area contributed by atoms with Crippen LogP contribution in [0.15, 0.2) is 48.5 Å². The molecular weight excluding hydrogens is 440 g/mol. The average molecular weight is 475 g/mol. The van der Waals surface area contributed by atoms with E-state index in [1.54, 1.807) is 12.1 Å². The molecule has 0 unspecified atom stereocenters. The normalized spacial score (nSPS) is 17.9. The lowest BCUT2D eigenvalue weighted by molar-refractivity contribution is -0.117. The van der Waals surface area contributed by atoms with Crippen LogP contribution >= 0.6 is 0 Å². The van der Waals surface area contributed by atoms with Gasteiger partial charge in [-0.3, -0.25) is 19.3 Å². The van der Waals surface area contributed by atoms with Gasteiger partial charge in [0.05, 0.1) is 17.8 Å². The van der Waals surface area contributed by atoms with Gasteiger partial charge < -0.3 is 16.0 Å². The van der Waals surface area contributed by atoms with Gasteiger partial charge in [-0.15, -0.1) is 0 Å². The molecule has 7 heteroatoms. The summed E-state index contributed by atoms with van der Waals surface area (Å²) in [6.45, 7) is 0.902. The Morgan fingerprint density at radius 3 is 2.11 bits per heavy atom. The van der Waals surface area contributed by atoms with E-state index in [1.165, 1.54) is 0 Å². The molecule has 0 spiro atoms. The van der Waals surface area contributed by atoms with E-state index in [-0.39, 0.29) is 30.3 Å². The lowest BCUT2D eigenvalue weighted by atomic mass is 10.1. The predicted molar refractivity (Wildman–Crippen MR) is 135 cm³/mol. The van der Waals surface area contributed by atoms with Crippen molar-refractivity contribution in [3.05, 3.63) is 65.2 Å². The van der Waals surface area contributed by atoms with Crippen LogP contribution in [0, 0.1) is 0 Å². The zero-order valence-corrected chi connectivity index (χ0v) is 20.1. The van der Waals surface area contributed by atoms with Crippen molar-refractivity contribution in [1.29, 1.82) is 0 Å². The maximum atomic E-state index is 13.0. The summed E-state index contributed by atoms with van der Waals surface area (Å²) in [5.41, 5.74) is 2.80. The molecule has 3 fully saturated rings. The van der Waals surface area contributed by atoms with Crippen molar-refractivity contribution in [1.82, 2.24) is 15.5 Å². The standard InChI is InChI=1S/C28H34N4O3/c33-26(31-25-8-4-3-7-24(25)28(35)30-21-5-1-2-6-21)18-32(23-15-16-23)17-19-9-11-20(12-10-19)27(34)29-22-13-14-22/h3-4,7-12,21-23H,1-2,5-6,13-18H2,(H,29,34)(H,30,35)(H,31,33). The maximum Gasteiger partial charge on any atom is 0.253 e. The van der Waals surface area contributed by atoms with Crippen molar-refractivity contribution < 1.29 is 14.4 Å². The summed E-state index contributed by atoms with van der Waals surface area (Å²) < 4.78 is 0. The van der Waals surface area contributed by atoms with Crippen LogP contribution in [0.5, 0.6) is 0 Å². The van der Waals surface area contributed by atoms with E-state index in [4.69, 9.17) is 0 Å². The van der Waals surface area contributed by atoms with Gasteiger partial charge in [0.1, 0.15) is 0 Å². The number of hydrogen-bond acceptors (Lipinski definition) is 4. The Labute approximate surface area is 206 Å². The van der Waals surface area contributed by atoms with Crippen LogP contribution in [0.1, 0.15) is 77.6 Å². The number of nitrogens with zero attached hydrogens (tertiary/aromatic N) is 1. The van der Waals surface area contributed by atoms with Gasteiger partial charge in [0.15, 0.2) is 0 Å². The van der Waals surface area contributed by atoms with Crippen LogP contribution in [0.3, 0.4) is 0 Å². The molecule has 0 heterocycles. The third kappa shape index (κ3) is 6.48. The summed E-state index contributed by atoms with van der Waals surface area (Å²) in [6.07, 6.45) is 8.62. The highest BCUT2D eigenvalue weighted by Gasteiger charge is 2.31. The molecule has 3 aliphatic carbocycles. The second-order valence-corrected chi connectivity index (χ2v) is 10.1. The molecule has 0 atom stereocenters. The zero-order valence-electron chi connectivity index (χ0n) is 20.1. The van der Waals surface area contributed by atoms with Crippen LogP contribution in [-0.4, -0.2) is 47.3 Å². The van der Waals surface area contributed by atoms with E-state index >= 15 is 0 Å². The second kappa shape index (κ2) is 10.6. The van der Waals surface area contributed by atoms with Gasteiger partial charge in [-0.25, -0.2) is 0 Å². The van der Waals surface area contributed by atoms with Crippen molar-refractivity contribution in [3.63, 3.8) is 0 Å². The van der Waals surface area contributed by atoms with Crippen molar-refractivity contribution in [2.75, 3.05) is 11.9 Å². The number of para-hydroxylation sites is 1. The van der Waals surface area contributed by atoms with Crippen LogP contribution in [0.25, 0.3) is 0 Å². The highest BCUT2D eigenvalue weighted by Crippen LogP contribution is 2.28. The average Bonchev–Trinajstić information content (AvgIpc) is 3.79. The van der Waals surface area contributed by atoms with Gasteiger partial charge in [-0.1, -0.05) is 37.1 Å². The highest BCUT2D eigenvalue weighted by atomic mass is 16.2. The number of anilines is 1. The minimum Gasteiger partial charge on any atom is -0.349 e. The third-order valence-electron chi connectivity index (χ3n) is 7.06. The molecule has 35 heavy (non-hydrogen) atoms. The van der Waals surface area contributed by atoms with Crippen LogP contribution in [0.4, 0.5) is 5.69 Å². The molecule has 5 rings (SSSR count). The Morgan fingerprint density at radius 2 is 1.43 bits per heavy atom. The maximum absolute atomic E-state index is 13.0. The van der Waals surface area contributed by atoms with Crippen molar-refractivity contribution in [3.8, 4) is 0 Å². The molecule has 0 radical (unpaired) electrons. The lowest BCUT2D eigenvalue weighted by Gasteiger charge is -2.22. The van der Waals surface area contributed by atoms with E-state index < -0.39 is 0 Å². The van der Waals surface area contributed by atoms with Gasteiger partial charge in [-0.05, 0) is 68.4 Å². The molecule has 3 aliphatic rings. The van der Waals surface area contributed by atoms with Gasteiger partial charge in [0.25, 0.3) is 11.8 Å². The summed E-state index contributed by atoms with van der Waals surface area (Å²) in [4.78, 5) is 40.2. The molecule has 0 bridgehead atoms. The molecule has 7 nitrogen and oxygen atoms in total. The number of benzene rings is 2. The van der Waals surface area contributed by atoms with Crippen LogP contribution < -0.4 is 16.0 Å². The Balaban J connectivity index is 1.18. The quantitative estimate of drug-likeness (QED) is 0.488. The fourth-order valence-corrected chi connectivity index (χ4v) is 4.74. The Kier molecular flexibility index (Phi) is 7.13.